The van der Waals surface area contributed by atoms with E-state index < -0.39 is 5.95 Å². The quantitative estimate of drug-likeness (QED) is 0.628. The van der Waals surface area contributed by atoms with E-state index in [1.165, 1.54) is 17.8 Å². The van der Waals surface area contributed by atoms with Crippen LogP contribution in [0.1, 0.15) is 26.3 Å². The molecule has 0 amide bonds. The fourth-order valence-corrected chi connectivity index (χ4v) is 2.31. The smallest absolute Gasteiger partial charge is 0.213 e. The molecule has 3 aromatic heterocycles. The Balaban J connectivity index is 2.13. The number of fused-ring (bicyclic) bond motifs is 1. The lowest BCUT2D eigenvalue weighted by Gasteiger charge is -2.16. The van der Waals surface area contributed by atoms with Crippen LogP contribution < -0.4 is 0 Å². The molecule has 3 rings (SSSR count). The molecule has 4 heteroatoms. The Kier molecular flexibility index (Phi) is 2.82. The van der Waals surface area contributed by atoms with Crippen LogP contribution in [0.25, 0.3) is 16.6 Å². The van der Waals surface area contributed by atoms with Gasteiger partial charge in [-0.25, -0.2) is 9.50 Å². The number of hydrogen-bond acceptors (Lipinski definition) is 2. The molecule has 0 spiro atoms. The minimum absolute atomic E-state index is 0.0477. The molecule has 0 unspecified atom stereocenters. The Bertz CT molecular complexity index is 769. The molecule has 3 heterocycles. The summed E-state index contributed by atoms with van der Waals surface area (Å²) in [6, 6.07) is 7.23. The standard InChI is InChI=1S/C16H16FN3/c1-16(2,3)13-9-19-20-10-12(4-5-14(13)20)11-6-7-18-15(17)8-11/h4-10H,1-3H3. The molecule has 0 N–H and O–H groups in total. The van der Waals surface area contributed by atoms with Crippen molar-refractivity contribution in [3.8, 4) is 11.1 Å². The van der Waals surface area contributed by atoms with Gasteiger partial charge < -0.3 is 0 Å². The van der Waals surface area contributed by atoms with Crippen LogP contribution in [-0.2, 0) is 5.41 Å². The van der Waals surface area contributed by atoms with Gasteiger partial charge in [0.25, 0.3) is 0 Å². The van der Waals surface area contributed by atoms with Gasteiger partial charge in [-0.3, -0.25) is 0 Å². The van der Waals surface area contributed by atoms with Crippen molar-refractivity contribution in [3.63, 3.8) is 0 Å². The van der Waals surface area contributed by atoms with E-state index >= 15 is 0 Å². The maximum absolute atomic E-state index is 13.2. The van der Waals surface area contributed by atoms with Gasteiger partial charge in [0.1, 0.15) is 0 Å². The van der Waals surface area contributed by atoms with Gasteiger partial charge in [-0.2, -0.15) is 9.49 Å². The van der Waals surface area contributed by atoms with Crippen LogP contribution in [0.15, 0.2) is 42.9 Å². The number of pyridine rings is 2. The first-order valence-electron chi connectivity index (χ1n) is 6.55. The minimum Gasteiger partial charge on any atom is -0.240 e. The van der Waals surface area contributed by atoms with Crippen molar-refractivity contribution < 1.29 is 4.39 Å². The highest BCUT2D eigenvalue weighted by atomic mass is 19.1. The zero-order valence-corrected chi connectivity index (χ0v) is 11.8. The molecule has 0 aromatic carbocycles. The summed E-state index contributed by atoms with van der Waals surface area (Å²) in [6.07, 6.45) is 5.28. The Morgan fingerprint density at radius 3 is 2.60 bits per heavy atom. The largest absolute Gasteiger partial charge is 0.240 e. The lowest BCUT2D eigenvalue weighted by Crippen LogP contribution is -2.10. The van der Waals surface area contributed by atoms with Gasteiger partial charge in [0.05, 0.1) is 11.7 Å². The molecule has 20 heavy (non-hydrogen) atoms. The number of hydrogen-bond donors (Lipinski definition) is 0. The first kappa shape index (κ1) is 12.8. The number of aromatic nitrogens is 3. The third-order valence-corrected chi connectivity index (χ3v) is 3.38. The molecule has 0 radical (unpaired) electrons. The minimum atomic E-state index is -0.474. The molecule has 3 nitrogen and oxygen atoms in total. The summed E-state index contributed by atoms with van der Waals surface area (Å²) in [5.74, 6) is -0.474. The highest BCUT2D eigenvalue weighted by Crippen LogP contribution is 2.28. The van der Waals surface area contributed by atoms with Crippen LogP contribution in [0.5, 0.6) is 0 Å². The summed E-state index contributed by atoms with van der Waals surface area (Å²) in [4.78, 5) is 3.57. The molecule has 3 aromatic rings. The van der Waals surface area contributed by atoms with Crippen molar-refractivity contribution >= 4 is 5.52 Å². The molecule has 0 saturated heterocycles. The van der Waals surface area contributed by atoms with Gasteiger partial charge in [0.15, 0.2) is 0 Å². The van der Waals surface area contributed by atoms with E-state index in [2.05, 4.69) is 30.9 Å². The topological polar surface area (TPSA) is 30.2 Å². The summed E-state index contributed by atoms with van der Waals surface area (Å²) in [7, 11) is 0. The Morgan fingerprint density at radius 2 is 1.90 bits per heavy atom. The van der Waals surface area contributed by atoms with E-state index in [0.29, 0.717) is 0 Å². The van der Waals surface area contributed by atoms with Crippen LogP contribution in [0.2, 0.25) is 0 Å². The summed E-state index contributed by atoms with van der Waals surface area (Å²) < 4.78 is 15.0. The zero-order valence-electron chi connectivity index (χ0n) is 11.8. The van der Waals surface area contributed by atoms with E-state index in [0.717, 1.165) is 16.6 Å². The van der Waals surface area contributed by atoms with E-state index in [9.17, 15) is 4.39 Å². The molecule has 102 valence electrons. The van der Waals surface area contributed by atoms with Crippen molar-refractivity contribution in [3.05, 3.63) is 54.4 Å². The molecular weight excluding hydrogens is 253 g/mol. The third-order valence-electron chi connectivity index (χ3n) is 3.38. The molecule has 0 aliphatic heterocycles. The van der Waals surface area contributed by atoms with Crippen LogP contribution in [0.3, 0.4) is 0 Å². The molecule has 0 saturated carbocycles. The fourth-order valence-electron chi connectivity index (χ4n) is 2.31. The van der Waals surface area contributed by atoms with Crippen LogP contribution >= 0.6 is 0 Å². The SMILES string of the molecule is CC(C)(C)c1cnn2cc(-c3ccnc(F)c3)ccc12. The van der Waals surface area contributed by atoms with E-state index in [1.54, 1.807) is 6.07 Å². The molecule has 0 atom stereocenters. The zero-order chi connectivity index (χ0) is 14.3. The Hall–Kier alpha value is -2.23. The maximum atomic E-state index is 13.2. The van der Waals surface area contributed by atoms with Crippen molar-refractivity contribution in [2.45, 2.75) is 26.2 Å². The van der Waals surface area contributed by atoms with Crippen molar-refractivity contribution in [2.75, 3.05) is 0 Å². The Labute approximate surface area is 117 Å². The Morgan fingerprint density at radius 1 is 1.10 bits per heavy atom. The second-order valence-electron chi connectivity index (χ2n) is 5.92. The predicted octanol–water partition coefficient (Wildman–Crippen LogP) is 3.83. The van der Waals surface area contributed by atoms with E-state index in [-0.39, 0.29) is 5.41 Å². The molecular formula is C16H16FN3. The van der Waals surface area contributed by atoms with Crippen LogP contribution in [0, 0.1) is 5.95 Å². The number of nitrogens with zero attached hydrogens (tertiary/aromatic N) is 3. The van der Waals surface area contributed by atoms with Crippen LogP contribution in [0.4, 0.5) is 4.39 Å². The highest BCUT2D eigenvalue weighted by molar-refractivity contribution is 5.67. The third kappa shape index (κ3) is 2.18. The summed E-state index contributed by atoms with van der Waals surface area (Å²) in [5, 5.41) is 4.40. The fraction of sp³-hybridized carbons (Fsp3) is 0.250. The molecule has 0 bridgehead atoms. The van der Waals surface area contributed by atoms with Gasteiger partial charge in [-0.1, -0.05) is 26.8 Å². The summed E-state index contributed by atoms with van der Waals surface area (Å²) >= 11 is 0. The number of rotatable bonds is 1. The van der Waals surface area contributed by atoms with Crippen molar-refractivity contribution in [1.82, 2.24) is 14.6 Å². The van der Waals surface area contributed by atoms with Gasteiger partial charge >= 0.3 is 0 Å². The van der Waals surface area contributed by atoms with Gasteiger partial charge in [0.2, 0.25) is 5.95 Å². The second-order valence-corrected chi connectivity index (χ2v) is 5.92. The van der Waals surface area contributed by atoms with Crippen molar-refractivity contribution in [1.29, 1.82) is 0 Å². The van der Waals surface area contributed by atoms with Crippen molar-refractivity contribution in [2.24, 2.45) is 0 Å². The average Bonchev–Trinajstić information content (AvgIpc) is 2.81. The molecule has 0 aliphatic carbocycles. The van der Waals surface area contributed by atoms with Crippen LogP contribution in [-0.4, -0.2) is 14.6 Å². The monoisotopic (exact) mass is 269 g/mol. The lowest BCUT2D eigenvalue weighted by molar-refractivity contribution is 0.584. The molecule has 0 fully saturated rings. The van der Waals surface area contributed by atoms with Gasteiger partial charge in [0, 0.05) is 29.6 Å². The summed E-state index contributed by atoms with van der Waals surface area (Å²) in [6.45, 7) is 6.49. The van der Waals surface area contributed by atoms with E-state index in [4.69, 9.17) is 0 Å². The second kappa shape index (κ2) is 4.40. The van der Waals surface area contributed by atoms with E-state index in [1.807, 2.05) is 29.0 Å². The lowest BCUT2D eigenvalue weighted by atomic mass is 9.88. The maximum Gasteiger partial charge on any atom is 0.213 e. The normalized spacial score (nSPS) is 12.0. The summed E-state index contributed by atoms with van der Waals surface area (Å²) in [5.41, 5.74) is 4.04. The first-order valence-corrected chi connectivity index (χ1v) is 6.55. The average molecular weight is 269 g/mol. The number of halogens is 1. The first-order chi connectivity index (χ1) is 9.45. The predicted molar refractivity (Wildman–Crippen MR) is 77.1 cm³/mol. The van der Waals surface area contributed by atoms with Gasteiger partial charge in [-0.15, -0.1) is 0 Å². The molecule has 0 aliphatic rings. The highest BCUT2D eigenvalue weighted by Gasteiger charge is 2.18. The van der Waals surface area contributed by atoms with Gasteiger partial charge in [-0.05, 0) is 23.1 Å².